The van der Waals surface area contributed by atoms with E-state index in [0.717, 1.165) is 21.2 Å². The fraction of sp³-hybridized carbons (Fsp3) is 0.0476. The van der Waals surface area contributed by atoms with Gasteiger partial charge in [0.1, 0.15) is 8.07 Å². The molecule has 0 bridgehead atoms. The zero-order valence-electron chi connectivity index (χ0n) is 25.1. The minimum atomic E-state index is -2.31. The fourth-order valence-electron chi connectivity index (χ4n) is 7.45. The molecule has 0 N–H and O–H groups in total. The Hall–Kier alpha value is -4.40. The molecule has 7 aromatic carbocycles. The quantitative estimate of drug-likeness (QED) is 0.169. The molecule has 0 atom stereocenters. The highest BCUT2D eigenvalue weighted by Crippen LogP contribution is 2.52. The maximum atomic E-state index is 6.51. The lowest BCUT2D eigenvalue weighted by molar-refractivity contribution is 1.53. The van der Waals surface area contributed by atoms with Crippen molar-refractivity contribution in [3.8, 4) is 55.6 Å². The van der Waals surface area contributed by atoms with Crippen molar-refractivity contribution in [3.05, 3.63) is 156 Å². The summed E-state index contributed by atoms with van der Waals surface area (Å²) >= 11 is 13.0. The summed E-state index contributed by atoms with van der Waals surface area (Å²) in [5.41, 5.74) is 12.4. The van der Waals surface area contributed by atoms with Crippen LogP contribution in [0.1, 0.15) is 0 Å². The molecule has 1 aliphatic heterocycles. The lowest BCUT2D eigenvalue weighted by atomic mass is 9.78. The SMILES string of the molecule is C[Si]1(C)c2c(-c3ccccc3)c(-c3ccc(Cl)cc3)c(-c3ccc(Cl)cc3)c(-c3ccccc3)c2-c2cccc3cccc1c23. The topological polar surface area (TPSA) is 0 Å². The third kappa shape index (κ3) is 4.49. The molecule has 0 nitrogen and oxygen atoms in total. The molecule has 0 spiro atoms. The molecule has 216 valence electrons. The molecule has 0 unspecified atom stereocenters. The van der Waals surface area contributed by atoms with Crippen LogP contribution in [0.15, 0.2) is 146 Å². The molecule has 0 radical (unpaired) electrons. The summed E-state index contributed by atoms with van der Waals surface area (Å²) in [4.78, 5) is 0. The largest absolute Gasteiger partial charge is 0.114 e. The van der Waals surface area contributed by atoms with Crippen molar-refractivity contribution in [1.82, 2.24) is 0 Å². The van der Waals surface area contributed by atoms with Gasteiger partial charge in [-0.1, -0.05) is 158 Å². The van der Waals surface area contributed by atoms with E-state index in [-0.39, 0.29) is 0 Å². The van der Waals surface area contributed by atoms with Gasteiger partial charge in [0.25, 0.3) is 0 Å². The monoisotopic (exact) mass is 632 g/mol. The second-order valence-electron chi connectivity index (χ2n) is 12.3. The van der Waals surface area contributed by atoms with Gasteiger partial charge in [0.05, 0.1) is 0 Å². The van der Waals surface area contributed by atoms with Crippen molar-refractivity contribution in [2.45, 2.75) is 13.1 Å². The molecule has 0 fully saturated rings. The Kier molecular flexibility index (Phi) is 6.80. The first-order valence-electron chi connectivity index (χ1n) is 15.3. The van der Waals surface area contributed by atoms with E-state index < -0.39 is 8.07 Å². The van der Waals surface area contributed by atoms with E-state index in [9.17, 15) is 0 Å². The highest BCUT2D eigenvalue weighted by atomic mass is 35.5. The highest BCUT2D eigenvalue weighted by Gasteiger charge is 2.41. The van der Waals surface area contributed by atoms with Crippen LogP contribution in [0.25, 0.3) is 66.4 Å². The second kappa shape index (κ2) is 10.9. The maximum absolute atomic E-state index is 6.51. The Labute approximate surface area is 275 Å². The van der Waals surface area contributed by atoms with Crippen LogP contribution in [0.2, 0.25) is 23.1 Å². The number of hydrogen-bond donors (Lipinski definition) is 0. The minimum absolute atomic E-state index is 0.724. The Bertz CT molecular complexity index is 2210. The van der Waals surface area contributed by atoms with Gasteiger partial charge in [0.2, 0.25) is 0 Å². The van der Waals surface area contributed by atoms with E-state index in [0.29, 0.717) is 0 Å². The molecular formula is C42H30Cl2Si. The van der Waals surface area contributed by atoms with Crippen molar-refractivity contribution in [3.63, 3.8) is 0 Å². The number of halogens is 2. The van der Waals surface area contributed by atoms with Crippen LogP contribution in [0.4, 0.5) is 0 Å². The van der Waals surface area contributed by atoms with Crippen LogP contribution in [-0.2, 0) is 0 Å². The van der Waals surface area contributed by atoms with E-state index in [2.05, 4.69) is 134 Å². The summed E-state index contributed by atoms with van der Waals surface area (Å²) in [6.07, 6.45) is 0. The third-order valence-electron chi connectivity index (χ3n) is 9.36. The second-order valence-corrected chi connectivity index (χ2v) is 17.5. The van der Waals surface area contributed by atoms with Crippen molar-refractivity contribution >= 4 is 52.4 Å². The van der Waals surface area contributed by atoms with Gasteiger partial charge >= 0.3 is 0 Å². The molecule has 45 heavy (non-hydrogen) atoms. The van der Waals surface area contributed by atoms with Crippen LogP contribution >= 0.6 is 23.2 Å². The fourth-order valence-corrected chi connectivity index (χ4v) is 11.2. The van der Waals surface area contributed by atoms with Crippen molar-refractivity contribution in [2.75, 3.05) is 0 Å². The molecule has 3 heteroatoms. The van der Waals surface area contributed by atoms with Gasteiger partial charge in [-0.3, -0.25) is 0 Å². The molecule has 0 saturated carbocycles. The predicted molar refractivity (Wildman–Crippen MR) is 198 cm³/mol. The van der Waals surface area contributed by atoms with Gasteiger partial charge in [-0.25, -0.2) is 0 Å². The van der Waals surface area contributed by atoms with Gasteiger partial charge < -0.3 is 0 Å². The molecule has 0 aliphatic carbocycles. The molecule has 8 rings (SSSR count). The number of benzene rings is 7. The predicted octanol–water partition coefficient (Wildman–Crippen LogP) is 11.6. The van der Waals surface area contributed by atoms with Gasteiger partial charge in [-0.05, 0) is 101 Å². The first kappa shape index (κ1) is 28.1. The summed E-state index contributed by atoms with van der Waals surface area (Å²) in [7, 11) is -2.31. The molecule has 0 amide bonds. The normalized spacial score (nSPS) is 13.1. The summed E-state index contributed by atoms with van der Waals surface area (Å²) in [5.74, 6) is 0. The lowest BCUT2D eigenvalue weighted by Crippen LogP contribution is -2.57. The van der Waals surface area contributed by atoms with Gasteiger partial charge in [0.15, 0.2) is 0 Å². The van der Waals surface area contributed by atoms with Crippen LogP contribution in [0, 0.1) is 0 Å². The Morgan fingerprint density at radius 2 is 0.844 bits per heavy atom. The van der Waals surface area contributed by atoms with Crippen molar-refractivity contribution in [1.29, 1.82) is 0 Å². The third-order valence-corrected chi connectivity index (χ3v) is 13.4. The molecule has 7 aromatic rings. The number of hydrogen-bond acceptors (Lipinski definition) is 0. The average Bonchev–Trinajstić information content (AvgIpc) is 3.07. The summed E-state index contributed by atoms with van der Waals surface area (Å²) in [6.45, 7) is 5.07. The first-order chi connectivity index (χ1) is 21.9. The Morgan fingerprint density at radius 3 is 1.40 bits per heavy atom. The Morgan fingerprint density at radius 1 is 0.400 bits per heavy atom. The average molecular weight is 634 g/mol. The molecule has 1 heterocycles. The molecule has 0 aromatic heterocycles. The summed E-state index contributed by atoms with van der Waals surface area (Å²) in [5, 5.41) is 7.10. The summed E-state index contributed by atoms with van der Waals surface area (Å²) in [6, 6.07) is 52.3. The van der Waals surface area contributed by atoms with Crippen LogP contribution in [-0.4, -0.2) is 8.07 Å². The number of rotatable bonds is 4. The zero-order chi connectivity index (χ0) is 30.7. The molecule has 1 aliphatic rings. The van der Waals surface area contributed by atoms with Gasteiger partial charge in [-0.15, -0.1) is 0 Å². The zero-order valence-corrected chi connectivity index (χ0v) is 27.6. The van der Waals surface area contributed by atoms with E-state index in [1.807, 2.05) is 24.3 Å². The summed E-state index contributed by atoms with van der Waals surface area (Å²) < 4.78 is 0. The van der Waals surface area contributed by atoms with Crippen molar-refractivity contribution in [2.24, 2.45) is 0 Å². The standard InChI is InChI=1S/C42H30Cl2Si/c1-45(2)35-18-10-16-27-15-9-17-34(36(27)35)41-39(28-11-5-3-6-12-28)37(30-19-23-32(43)24-20-30)38(31-21-25-33(44)26-22-31)40(42(41)45)29-13-7-4-8-14-29/h3-26H,1-2H3. The lowest BCUT2D eigenvalue weighted by Gasteiger charge is -2.39. The van der Waals surface area contributed by atoms with E-state index >= 15 is 0 Å². The smallest absolute Gasteiger partial charge is 0.0843 e. The number of fused-ring (bicyclic) bond motifs is 2. The van der Waals surface area contributed by atoms with Gasteiger partial charge in [0, 0.05) is 10.0 Å². The van der Waals surface area contributed by atoms with E-state index in [1.54, 1.807) is 0 Å². The van der Waals surface area contributed by atoms with Crippen LogP contribution in [0.3, 0.4) is 0 Å². The van der Waals surface area contributed by atoms with Gasteiger partial charge in [-0.2, -0.15) is 0 Å². The maximum Gasteiger partial charge on any atom is 0.114 e. The first-order valence-corrected chi connectivity index (χ1v) is 19.1. The molecule has 0 saturated heterocycles. The van der Waals surface area contributed by atoms with Crippen molar-refractivity contribution < 1.29 is 0 Å². The van der Waals surface area contributed by atoms with E-state index in [4.69, 9.17) is 23.2 Å². The van der Waals surface area contributed by atoms with Crippen LogP contribution in [0.5, 0.6) is 0 Å². The minimum Gasteiger partial charge on any atom is -0.0843 e. The van der Waals surface area contributed by atoms with E-state index in [1.165, 1.54) is 65.7 Å². The van der Waals surface area contributed by atoms with Crippen LogP contribution < -0.4 is 10.4 Å². The highest BCUT2D eigenvalue weighted by molar-refractivity contribution is 7.04. The Balaban J connectivity index is 1.70. The molecular weight excluding hydrogens is 603 g/mol.